The summed E-state index contributed by atoms with van der Waals surface area (Å²) in [6.07, 6.45) is -0.419. The van der Waals surface area contributed by atoms with E-state index in [1.54, 1.807) is 0 Å². The van der Waals surface area contributed by atoms with Crippen molar-refractivity contribution in [3.63, 3.8) is 0 Å². The smallest absolute Gasteiger partial charge is 0.326 e. The lowest BCUT2D eigenvalue weighted by Crippen LogP contribution is -2.46. The summed E-state index contributed by atoms with van der Waals surface area (Å²) in [6.45, 7) is 2.22. The first-order chi connectivity index (χ1) is 9.43. The van der Waals surface area contributed by atoms with Gasteiger partial charge in [0.2, 0.25) is 0 Å². The van der Waals surface area contributed by atoms with Crippen molar-refractivity contribution in [1.29, 1.82) is 0 Å². The molecular weight excluding hydrogens is 284 g/mol. The van der Waals surface area contributed by atoms with Crippen molar-refractivity contribution in [3.8, 4) is 0 Å². The number of amides is 2. The number of carbonyl (C=O) groups excluding carboxylic acids is 2. The molecule has 8 heteroatoms. The van der Waals surface area contributed by atoms with Gasteiger partial charge < -0.3 is 20.5 Å². The molecule has 3 N–H and O–H groups in total. The Morgan fingerprint density at radius 1 is 1.45 bits per heavy atom. The Morgan fingerprint density at radius 3 is 2.65 bits per heavy atom. The first kappa shape index (κ1) is 16.0. The molecule has 0 saturated carbocycles. The molecule has 0 saturated heterocycles. The van der Waals surface area contributed by atoms with Crippen molar-refractivity contribution in [2.45, 2.75) is 25.9 Å². The third-order valence-corrected chi connectivity index (χ3v) is 3.60. The highest BCUT2D eigenvalue weighted by atomic mass is 32.1. The minimum Gasteiger partial charge on any atom is -0.480 e. The Balaban J connectivity index is 2.48. The number of carboxylic acids is 1. The number of aryl methyl sites for hydroxylation is 1. The van der Waals surface area contributed by atoms with Crippen LogP contribution in [0.5, 0.6) is 0 Å². The van der Waals surface area contributed by atoms with Crippen LogP contribution in [0, 0.1) is 6.92 Å². The van der Waals surface area contributed by atoms with Gasteiger partial charge in [0.15, 0.2) is 0 Å². The summed E-state index contributed by atoms with van der Waals surface area (Å²) in [7, 11) is 1.15. The first-order valence-corrected chi connectivity index (χ1v) is 6.69. The number of hydrogen-bond acceptors (Lipinski definition) is 5. The van der Waals surface area contributed by atoms with Gasteiger partial charge in [0, 0.05) is 4.88 Å². The van der Waals surface area contributed by atoms with Crippen molar-refractivity contribution in [2.24, 2.45) is 0 Å². The van der Waals surface area contributed by atoms with Crippen LogP contribution < -0.4 is 10.6 Å². The van der Waals surface area contributed by atoms with Crippen LogP contribution >= 0.6 is 11.3 Å². The summed E-state index contributed by atoms with van der Waals surface area (Å²) >= 11 is 1.50. The van der Waals surface area contributed by atoms with Gasteiger partial charge >= 0.3 is 18.0 Å². The van der Waals surface area contributed by atoms with Gasteiger partial charge in [0.05, 0.1) is 20.1 Å². The third-order valence-electron chi connectivity index (χ3n) is 2.58. The van der Waals surface area contributed by atoms with Gasteiger partial charge in [0.1, 0.15) is 6.04 Å². The first-order valence-electron chi connectivity index (χ1n) is 5.81. The third kappa shape index (κ3) is 4.88. The molecule has 1 aromatic heterocycles. The fourth-order valence-electron chi connectivity index (χ4n) is 1.41. The number of hydrogen-bond donors (Lipinski definition) is 3. The Hall–Kier alpha value is -2.09. The summed E-state index contributed by atoms with van der Waals surface area (Å²) < 4.78 is 4.37. The lowest BCUT2D eigenvalue weighted by Gasteiger charge is -2.14. The molecule has 2 amide bonds. The van der Waals surface area contributed by atoms with Crippen LogP contribution in [0.25, 0.3) is 0 Å². The number of esters is 1. The fourth-order valence-corrected chi connectivity index (χ4v) is 2.25. The number of carboxylic acid groups (broad SMARTS) is 1. The zero-order valence-electron chi connectivity index (χ0n) is 11.1. The van der Waals surface area contributed by atoms with Crippen LogP contribution in [-0.2, 0) is 20.9 Å². The summed E-state index contributed by atoms with van der Waals surface area (Å²) in [5.41, 5.74) is 1.06. The van der Waals surface area contributed by atoms with Crippen LogP contribution in [0.1, 0.15) is 16.9 Å². The van der Waals surface area contributed by atoms with Gasteiger partial charge in [-0.25, -0.2) is 9.59 Å². The van der Waals surface area contributed by atoms with Crippen LogP contribution in [-0.4, -0.2) is 36.2 Å². The van der Waals surface area contributed by atoms with E-state index in [0.29, 0.717) is 6.54 Å². The Bertz CT molecular complexity index is 500. The molecular formula is C12H16N2O5S. The van der Waals surface area contributed by atoms with E-state index < -0.39 is 30.4 Å². The molecule has 1 heterocycles. The predicted octanol–water partition coefficient (Wildman–Crippen LogP) is 0.872. The van der Waals surface area contributed by atoms with E-state index in [1.165, 1.54) is 11.3 Å². The van der Waals surface area contributed by atoms with E-state index >= 15 is 0 Å². The van der Waals surface area contributed by atoms with Gasteiger partial charge in [-0.05, 0) is 23.9 Å². The zero-order chi connectivity index (χ0) is 15.1. The molecule has 0 spiro atoms. The fraction of sp³-hybridized carbons (Fsp3) is 0.417. The highest BCUT2D eigenvalue weighted by Crippen LogP contribution is 2.14. The van der Waals surface area contributed by atoms with Crippen molar-refractivity contribution in [2.75, 3.05) is 7.11 Å². The second-order valence-corrected chi connectivity index (χ2v) is 5.03. The number of aliphatic carboxylic acids is 1. The number of rotatable bonds is 6. The average molecular weight is 300 g/mol. The molecule has 20 heavy (non-hydrogen) atoms. The Kier molecular flexibility index (Phi) is 5.98. The average Bonchev–Trinajstić information content (AvgIpc) is 2.80. The standard InChI is InChI=1S/C12H16N2O5S/c1-7-3-4-20-9(7)6-13-12(18)14-8(11(16)17)5-10(15)19-2/h3-4,8H,5-6H2,1-2H3,(H,16,17)(H2,13,14,18)/t8-/m0/s1. The van der Waals surface area contributed by atoms with Gasteiger partial charge in [0.25, 0.3) is 0 Å². The van der Waals surface area contributed by atoms with Crippen LogP contribution in [0.3, 0.4) is 0 Å². The molecule has 0 bridgehead atoms. The van der Waals surface area contributed by atoms with Gasteiger partial charge in [-0.1, -0.05) is 0 Å². The molecule has 1 atom stereocenters. The minimum atomic E-state index is -1.31. The van der Waals surface area contributed by atoms with Crippen molar-refractivity contribution < 1.29 is 24.2 Å². The van der Waals surface area contributed by atoms with E-state index in [9.17, 15) is 14.4 Å². The topological polar surface area (TPSA) is 105 Å². The molecule has 1 aromatic rings. The normalized spacial score (nSPS) is 11.5. The maximum absolute atomic E-state index is 11.6. The SMILES string of the molecule is COC(=O)C[C@H](NC(=O)NCc1sccc1C)C(=O)O. The van der Waals surface area contributed by atoms with Crippen LogP contribution in [0.15, 0.2) is 11.4 Å². The number of methoxy groups -OCH3 is 1. The quantitative estimate of drug-likeness (QED) is 0.676. The summed E-state index contributed by atoms with van der Waals surface area (Å²) in [6, 6.07) is -0.0299. The molecule has 0 aromatic carbocycles. The van der Waals surface area contributed by atoms with Gasteiger partial charge in [-0.15, -0.1) is 11.3 Å². The summed E-state index contributed by atoms with van der Waals surface area (Å²) in [4.78, 5) is 34.6. The van der Waals surface area contributed by atoms with E-state index in [-0.39, 0.29) is 0 Å². The monoisotopic (exact) mass is 300 g/mol. The van der Waals surface area contributed by atoms with E-state index in [4.69, 9.17) is 5.11 Å². The van der Waals surface area contributed by atoms with Crippen molar-refractivity contribution in [3.05, 3.63) is 21.9 Å². The molecule has 0 aliphatic heterocycles. The largest absolute Gasteiger partial charge is 0.480 e. The molecule has 7 nitrogen and oxygen atoms in total. The molecule has 0 radical (unpaired) electrons. The van der Waals surface area contributed by atoms with E-state index in [2.05, 4.69) is 15.4 Å². The molecule has 110 valence electrons. The van der Waals surface area contributed by atoms with Crippen LogP contribution in [0.2, 0.25) is 0 Å². The zero-order valence-corrected chi connectivity index (χ0v) is 12.0. The lowest BCUT2D eigenvalue weighted by atomic mass is 10.2. The summed E-state index contributed by atoms with van der Waals surface area (Å²) in [5.74, 6) is -2.00. The number of urea groups is 1. The maximum Gasteiger partial charge on any atom is 0.326 e. The molecule has 0 aliphatic rings. The minimum absolute atomic E-state index is 0.305. The second kappa shape index (κ2) is 7.49. The van der Waals surface area contributed by atoms with E-state index in [1.807, 2.05) is 18.4 Å². The van der Waals surface area contributed by atoms with Crippen LogP contribution in [0.4, 0.5) is 4.79 Å². The van der Waals surface area contributed by atoms with Gasteiger partial charge in [-0.3, -0.25) is 4.79 Å². The highest BCUT2D eigenvalue weighted by molar-refractivity contribution is 7.10. The molecule has 0 fully saturated rings. The second-order valence-electron chi connectivity index (χ2n) is 4.02. The Labute approximate surface area is 119 Å². The predicted molar refractivity (Wildman–Crippen MR) is 72.5 cm³/mol. The van der Waals surface area contributed by atoms with E-state index in [0.717, 1.165) is 17.6 Å². The molecule has 0 aliphatic carbocycles. The van der Waals surface area contributed by atoms with Crippen molar-refractivity contribution in [1.82, 2.24) is 10.6 Å². The Morgan fingerprint density at radius 2 is 2.15 bits per heavy atom. The highest BCUT2D eigenvalue weighted by Gasteiger charge is 2.23. The maximum atomic E-state index is 11.6. The molecule has 0 unspecified atom stereocenters. The summed E-state index contributed by atoms with van der Waals surface area (Å²) in [5, 5.41) is 15.6. The van der Waals surface area contributed by atoms with Gasteiger partial charge in [-0.2, -0.15) is 0 Å². The number of thiophene rings is 1. The van der Waals surface area contributed by atoms with Crippen molar-refractivity contribution >= 4 is 29.3 Å². The number of nitrogens with one attached hydrogen (secondary N) is 2. The molecule has 1 rings (SSSR count). The number of carbonyl (C=O) groups is 3. The number of ether oxygens (including phenoxy) is 1. The lowest BCUT2D eigenvalue weighted by molar-refractivity contribution is -0.147.